The van der Waals surface area contributed by atoms with Crippen LogP contribution in [0.2, 0.25) is 0 Å². The molecule has 0 aromatic rings. The first-order chi connectivity index (χ1) is 8.61. The molecule has 102 valence electrons. The summed E-state index contributed by atoms with van der Waals surface area (Å²) >= 11 is 0. The standard InChI is InChI=1S/C12H21N3O3/c1-12(3-2-8-18-12)9-14-10(16)11(17)15-6-4-13-5-7-15/h13H,2-9H2,1H3,(H,14,16). The Hall–Kier alpha value is -1.14. The van der Waals surface area contributed by atoms with Crippen molar-refractivity contribution in [2.45, 2.75) is 25.4 Å². The molecule has 0 aliphatic carbocycles. The number of nitrogens with zero attached hydrogens (tertiary/aromatic N) is 1. The van der Waals surface area contributed by atoms with E-state index in [0.29, 0.717) is 19.6 Å². The Morgan fingerprint density at radius 3 is 2.72 bits per heavy atom. The second-order valence-corrected chi connectivity index (χ2v) is 5.13. The van der Waals surface area contributed by atoms with Gasteiger partial charge < -0.3 is 20.3 Å². The van der Waals surface area contributed by atoms with Gasteiger partial charge in [0.05, 0.1) is 5.60 Å². The maximum absolute atomic E-state index is 11.9. The molecular weight excluding hydrogens is 234 g/mol. The first-order valence-corrected chi connectivity index (χ1v) is 6.52. The third-order valence-electron chi connectivity index (χ3n) is 3.52. The zero-order valence-corrected chi connectivity index (χ0v) is 10.8. The van der Waals surface area contributed by atoms with E-state index in [9.17, 15) is 9.59 Å². The molecule has 0 bridgehead atoms. The van der Waals surface area contributed by atoms with Crippen molar-refractivity contribution in [3.63, 3.8) is 0 Å². The number of rotatable bonds is 2. The molecule has 2 fully saturated rings. The normalized spacial score (nSPS) is 28.2. The summed E-state index contributed by atoms with van der Waals surface area (Å²) < 4.78 is 5.57. The van der Waals surface area contributed by atoms with E-state index >= 15 is 0 Å². The molecule has 1 unspecified atom stereocenters. The fourth-order valence-electron chi connectivity index (χ4n) is 2.33. The van der Waals surface area contributed by atoms with Crippen LogP contribution in [0.25, 0.3) is 0 Å². The van der Waals surface area contributed by atoms with Gasteiger partial charge in [0.1, 0.15) is 0 Å². The van der Waals surface area contributed by atoms with Crippen LogP contribution in [0, 0.1) is 0 Å². The van der Waals surface area contributed by atoms with Gasteiger partial charge in [0.25, 0.3) is 0 Å². The van der Waals surface area contributed by atoms with Crippen LogP contribution in [0.4, 0.5) is 0 Å². The number of carbonyl (C=O) groups excluding carboxylic acids is 2. The number of hydrogen-bond acceptors (Lipinski definition) is 4. The third-order valence-corrected chi connectivity index (χ3v) is 3.52. The Bertz CT molecular complexity index is 321. The minimum Gasteiger partial charge on any atom is -0.373 e. The van der Waals surface area contributed by atoms with Gasteiger partial charge in [0, 0.05) is 39.3 Å². The molecule has 6 nitrogen and oxygen atoms in total. The monoisotopic (exact) mass is 255 g/mol. The zero-order valence-electron chi connectivity index (χ0n) is 10.8. The highest BCUT2D eigenvalue weighted by atomic mass is 16.5. The molecule has 2 aliphatic rings. The van der Waals surface area contributed by atoms with E-state index in [2.05, 4.69) is 10.6 Å². The molecule has 2 heterocycles. The first-order valence-electron chi connectivity index (χ1n) is 6.52. The highest BCUT2D eigenvalue weighted by molar-refractivity contribution is 6.35. The minimum atomic E-state index is -0.520. The molecule has 18 heavy (non-hydrogen) atoms. The smallest absolute Gasteiger partial charge is 0.311 e. The van der Waals surface area contributed by atoms with E-state index < -0.39 is 11.8 Å². The van der Waals surface area contributed by atoms with E-state index in [4.69, 9.17) is 4.74 Å². The van der Waals surface area contributed by atoms with Crippen LogP contribution < -0.4 is 10.6 Å². The van der Waals surface area contributed by atoms with Crippen molar-refractivity contribution >= 4 is 11.8 Å². The van der Waals surface area contributed by atoms with Crippen molar-refractivity contribution in [2.75, 3.05) is 39.3 Å². The molecule has 0 radical (unpaired) electrons. The summed E-state index contributed by atoms with van der Waals surface area (Å²) in [6.07, 6.45) is 1.94. The van der Waals surface area contributed by atoms with E-state index in [1.807, 2.05) is 6.92 Å². The van der Waals surface area contributed by atoms with Gasteiger partial charge in [-0.25, -0.2) is 0 Å². The van der Waals surface area contributed by atoms with Gasteiger partial charge in [0.2, 0.25) is 0 Å². The molecule has 6 heteroatoms. The third kappa shape index (κ3) is 3.20. The number of amides is 2. The average Bonchev–Trinajstić information content (AvgIpc) is 2.83. The van der Waals surface area contributed by atoms with Crippen LogP contribution in [0.1, 0.15) is 19.8 Å². The SMILES string of the molecule is CC1(CNC(=O)C(=O)N2CCNCC2)CCCO1. The number of hydrogen-bond donors (Lipinski definition) is 2. The molecule has 0 aromatic heterocycles. The van der Waals surface area contributed by atoms with Crippen LogP contribution in [-0.2, 0) is 14.3 Å². The second kappa shape index (κ2) is 5.67. The zero-order chi connectivity index (χ0) is 13.0. The summed E-state index contributed by atoms with van der Waals surface area (Å²) in [6.45, 7) is 5.80. The van der Waals surface area contributed by atoms with E-state index in [-0.39, 0.29) is 5.60 Å². The summed E-state index contributed by atoms with van der Waals surface area (Å²) in [6, 6.07) is 0. The Morgan fingerprint density at radius 2 is 2.11 bits per heavy atom. The molecule has 2 saturated heterocycles. The van der Waals surface area contributed by atoms with E-state index in [0.717, 1.165) is 32.5 Å². The van der Waals surface area contributed by atoms with Gasteiger partial charge in [-0.05, 0) is 19.8 Å². The van der Waals surface area contributed by atoms with E-state index in [1.54, 1.807) is 4.90 Å². The summed E-state index contributed by atoms with van der Waals surface area (Å²) in [5.41, 5.74) is -0.306. The predicted molar refractivity (Wildman–Crippen MR) is 66.1 cm³/mol. The summed E-state index contributed by atoms with van der Waals surface area (Å²) in [4.78, 5) is 25.2. The molecule has 2 amide bonds. The quantitative estimate of drug-likeness (QED) is 0.628. The Kier molecular flexibility index (Phi) is 4.19. The van der Waals surface area contributed by atoms with Gasteiger partial charge in [-0.2, -0.15) is 0 Å². The number of nitrogens with one attached hydrogen (secondary N) is 2. The number of carbonyl (C=O) groups is 2. The number of piperazine rings is 1. The fourth-order valence-corrected chi connectivity index (χ4v) is 2.33. The maximum Gasteiger partial charge on any atom is 0.311 e. The Labute approximate surface area is 107 Å². The van der Waals surface area contributed by atoms with Crippen molar-refractivity contribution in [2.24, 2.45) is 0 Å². The molecule has 2 aliphatic heterocycles. The first kappa shape index (κ1) is 13.3. The average molecular weight is 255 g/mol. The summed E-state index contributed by atoms with van der Waals surface area (Å²) in [5.74, 6) is -0.952. The lowest BCUT2D eigenvalue weighted by Gasteiger charge is -2.28. The van der Waals surface area contributed by atoms with Crippen LogP contribution in [0.3, 0.4) is 0 Å². The van der Waals surface area contributed by atoms with Crippen LogP contribution in [-0.4, -0.2) is 61.6 Å². The molecular formula is C12H21N3O3. The van der Waals surface area contributed by atoms with Gasteiger partial charge in [0.15, 0.2) is 0 Å². The van der Waals surface area contributed by atoms with Gasteiger partial charge >= 0.3 is 11.8 Å². The summed E-state index contributed by atoms with van der Waals surface area (Å²) in [5, 5.41) is 5.83. The van der Waals surface area contributed by atoms with Gasteiger partial charge in [-0.3, -0.25) is 9.59 Å². The highest BCUT2D eigenvalue weighted by Gasteiger charge is 2.31. The van der Waals surface area contributed by atoms with Crippen molar-refractivity contribution in [1.82, 2.24) is 15.5 Å². The molecule has 2 rings (SSSR count). The minimum absolute atomic E-state index is 0.306. The largest absolute Gasteiger partial charge is 0.373 e. The molecule has 0 spiro atoms. The van der Waals surface area contributed by atoms with Crippen molar-refractivity contribution in [3.8, 4) is 0 Å². The second-order valence-electron chi connectivity index (χ2n) is 5.13. The lowest BCUT2D eigenvalue weighted by atomic mass is 10.0. The summed E-state index contributed by atoms with van der Waals surface area (Å²) in [7, 11) is 0. The molecule has 1 atom stereocenters. The van der Waals surface area contributed by atoms with Gasteiger partial charge in [-0.1, -0.05) is 0 Å². The Balaban J connectivity index is 1.78. The fraction of sp³-hybridized carbons (Fsp3) is 0.833. The predicted octanol–water partition coefficient (Wildman–Crippen LogP) is -0.896. The van der Waals surface area contributed by atoms with E-state index in [1.165, 1.54) is 0 Å². The van der Waals surface area contributed by atoms with Crippen molar-refractivity contribution in [3.05, 3.63) is 0 Å². The Morgan fingerprint density at radius 1 is 1.39 bits per heavy atom. The van der Waals surface area contributed by atoms with Gasteiger partial charge in [-0.15, -0.1) is 0 Å². The van der Waals surface area contributed by atoms with Crippen molar-refractivity contribution in [1.29, 1.82) is 0 Å². The lowest BCUT2D eigenvalue weighted by molar-refractivity contribution is -0.146. The highest BCUT2D eigenvalue weighted by Crippen LogP contribution is 2.23. The number of ether oxygens (including phenoxy) is 1. The van der Waals surface area contributed by atoms with Crippen LogP contribution >= 0.6 is 0 Å². The molecule has 0 aromatic carbocycles. The van der Waals surface area contributed by atoms with Crippen LogP contribution in [0.5, 0.6) is 0 Å². The molecule has 0 saturated carbocycles. The molecule has 2 N–H and O–H groups in total. The lowest BCUT2D eigenvalue weighted by Crippen LogP contribution is -2.52. The topological polar surface area (TPSA) is 70.7 Å². The van der Waals surface area contributed by atoms with Crippen LogP contribution in [0.15, 0.2) is 0 Å². The maximum atomic E-state index is 11.9. The van der Waals surface area contributed by atoms with Crippen molar-refractivity contribution < 1.29 is 14.3 Å².